The molecule has 1 atom stereocenters. The van der Waals surface area contributed by atoms with E-state index in [0.29, 0.717) is 11.7 Å². The van der Waals surface area contributed by atoms with Gasteiger partial charge in [0.2, 0.25) is 0 Å². The maximum atomic E-state index is 9.35. The zero-order valence-electron chi connectivity index (χ0n) is 8.74. The average molecular weight is 190 g/mol. The molecule has 0 bridgehead atoms. The molecular formula is C13H18O. The van der Waals surface area contributed by atoms with Gasteiger partial charge in [-0.1, -0.05) is 38.0 Å². The van der Waals surface area contributed by atoms with E-state index in [1.807, 2.05) is 24.3 Å². The zero-order chi connectivity index (χ0) is 10.4. The van der Waals surface area contributed by atoms with E-state index in [1.165, 1.54) is 12.8 Å². The first-order valence-corrected chi connectivity index (χ1v) is 5.19. The summed E-state index contributed by atoms with van der Waals surface area (Å²) in [5.41, 5.74) is 1.16. The predicted molar refractivity (Wildman–Crippen MR) is 60.6 cm³/mol. The number of phenols is 1. The van der Waals surface area contributed by atoms with Crippen LogP contribution in [0.25, 0.3) is 0 Å². The van der Waals surface area contributed by atoms with E-state index in [0.717, 1.165) is 12.0 Å². The van der Waals surface area contributed by atoms with Crippen molar-refractivity contribution in [3.8, 4) is 5.75 Å². The topological polar surface area (TPSA) is 20.2 Å². The van der Waals surface area contributed by atoms with Crippen molar-refractivity contribution in [2.45, 2.75) is 32.1 Å². The van der Waals surface area contributed by atoms with Gasteiger partial charge in [0.25, 0.3) is 0 Å². The van der Waals surface area contributed by atoms with E-state index in [1.54, 1.807) is 6.07 Å². The zero-order valence-corrected chi connectivity index (χ0v) is 8.74. The smallest absolute Gasteiger partial charge is 0.115 e. The fourth-order valence-electron chi connectivity index (χ4n) is 1.60. The molecule has 14 heavy (non-hydrogen) atoms. The Hall–Kier alpha value is -1.24. The molecule has 1 heteroatoms. The van der Waals surface area contributed by atoms with Crippen molar-refractivity contribution in [2.75, 3.05) is 0 Å². The second-order valence-corrected chi connectivity index (χ2v) is 3.58. The normalized spacial score (nSPS) is 12.4. The monoisotopic (exact) mass is 190 g/mol. The third-order valence-corrected chi connectivity index (χ3v) is 2.45. The van der Waals surface area contributed by atoms with Crippen molar-refractivity contribution >= 4 is 0 Å². The van der Waals surface area contributed by atoms with Gasteiger partial charge in [0.05, 0.1) is 0 Å². The first-order chi connectivity index (χ1) is 6.77. The molecule has 0 heterocycles. The first kappa shape index (κ1) is 10.8. The summed E-state index contributed by atoms with van der Waals surface area (Å²) < 4.78 is 0. The van der Waals surface area contributed by atoms with Gasteiger partial charge in [-0.25, -0.2) is 0 Å². The van der Waals surface area contributed by atoms with Crippen LogP contribution in [-0.4, -0.2) is 5.11 Å². The van der Waals surface area contributed by atoms with Crippen LogP contribution in [0.5, 0.6) is 5.75 Å². The summed E-state index contributed by atoms with van der Waals surface area (Å²) in [7, 11) is 0. The summed E-state index contributed by atoms with van der Waals surface area (Å²) in [6.07, 6.45) is 5.48. The molecule has 0 amide bonds. The molecule has 0 saturated carbocycles. The second kappa shape index (κ2) is 5.48. The summed E-state index contributed by atoms with van der Waals surface area (Å²) >= 11 is 0. The van der Waals surface area contributed by atoms with E-state index >= 15 is 0 Å². The van der Waals surface area contributed by atoms with E-state index in [-0.39, 0.29) is 0 Å². The van der Waals surface area contributed by atoms with Crippen molar-refractivity contribution in [3.05, 3.63) is 42.5 Å². The van der Waals surface area contributed by atoms with E-state index in [2.05, 4.69) is 13.5 Å². The summed E-state index contributed by atoms with van der Waals surface area (Å²) in [6.45, 7) is 6.02. The van der Waals surface area contributed by atoms with E-state index in [4.69, 9.17) is 0 Å². The molecule has 1 nitrogen and oxygen atoms in total. The molecule has 1 N–H and O–H groups in total. The molecule has 76 valence electrons. The SMILES string of the molecule is C=CC(CCCC)c1cccc(O)c1. The largest absolute Gasteiger partial charge is 0.508 e. The number of hydrogen-bond acceptors (Lipinski definition) is 1. The van der Waals surface area contributed by atoms with Gasteiger partial charge < -0.3 is 5.11 Å². The van der Waals surface area contributed by atoms with Gasteiger partial charge in [-0.3, -0.25) is 0 Å². The molecule has 0 aliphatic carbocycles. The molecule has 0 spiro atoms. The number of phenolic OH excluding ortho intramolecular Hbond substituents is 1. The Morgan fingerprint density at radius 2 is 2.29 bits per heavy atom. The molecule has 0 aliphatic heterocycles. The van der Waals surface area contributed by atoms with Gasteiger partial charge in [0, 0.05) is 5.92 Å². The van der Waals surface area contributed by atoms with Crippen LogP contribution in [0.2, 0.25) is 0 Å². The Bertz CT molecular complexity index is 291. The predicted octanol–water partition coefficient (Wildman–Crippen LogP) is 3.85. The minimum absolute atomic E-state index is 0.339. The minimum atomic E-state index is 0.339. The van der Waals surface area contributed by atoms with Crippen molar-refractivity contribution in [3.63, 3.8) is 0 Å². The number of hydrogen-bond donors (Lipinski definition) is 1. The van der Waals surface area contributed by atoms with Gasteiger partial charge in [0.1, 0.15) is 5.75 Å². The maximum absolute atomic E-state index is 9.35. The number of unbranched alkanes of at least 4 members (excludes halogenated alkanes) is 1. The highest BCUT2D eigenvalue weighted by Crippen LogP contribution is 2.25. The first-order valence-electron chi connectivity index (χ1n) is 5.19. The van der Waals surface area contributed by atoms with Crippen LogP contribution in [0, 0.1) is 0 Å². The number of rotatable bonds is 5. The Morgan fingerprint density at radius 1 is 1.50 bits per heavy atom. The molecule has 1 unspecified atom stereocenters. The molecule has 0 fully saturated rings. The third kappa shape index (κ3) is 2.91. The lowest BCUT2D eigenvalue weighted by molar-refractivity contribution is 0.474. The second-order valence-electron chi connectivity index (χ2n) is 3.58. The summed E-state index contributed by atoms with van der Waals surface area (Å²) in [5, 5.41) is 9.35. The fourth-order valence-corrected chi connectivity index (χ4v) is 1.60. The van der Waals surface area contributed by atoms with Gasteiger partial charge >= 0.3 is 0 Å². The van der Waals surface area contributed by atoms with Crippen LogP contribution in [0.3, 0.4) is 0 Å². The molecule has 0 aliphatic rings. The van der Waals surface area contributed by atoms with Gasteiger partial charge in [0.15, 0.2) is 0 Å². The number of aromatic hydroxyl groups is 1. The summed E-state index contributed by atoms with van der Waals surface area (Å²) in [5.74, 6) is 0.716. The third-order valence-electron chi connectivity index (χ3n) is 2.45. The molecule has 1 rings (SSSR count). The van der Waals surface area contributed by atoms with Crippen molar-refractivity contribution in [1.82, 2.24) is 0 Å². The lowest BCUT2D eigenvalue weighted by Crippen LogP contribution is -1.94. The van der Waals surface area contributed by atoms with Gasteiger partial charge in [-0.2, -0.15) is 0 Å². The maximum Gasteiger partial charge on any atom is 0.115 e. The fraction of sp³-hybridized carbons (Fsp3) is 0.385. The van der Waals surface area contributed by atoms with Crippen molar-refractivity contribution in [2.24, 2.45) is 0 Å². The molecule has 0 saturated heterocycles. The van der Waals surface area contributed by atoms with E-state index < -0.39 is 0 Å². The standard InChI is InChI=1S/C13H18O/c1-3-5-7-11(4-2)12-8-6-9-13(14)10-12/h4,6,8-11,14H,2-3,5,7H2,1H3. The average Bonchev–Trinajstić information content (AvgIpc) is 2.19. The molecule has 1 aromatic carbocycles. The lowest BCUT2D eigenvalue weighted by atomic mass is 9.94. The molecule has 0 aromatic heterocycles. The minimum Gasteiger partial charge on any atom is -0.508 e. The van der Waals surface area contributed by atoms with Crippen LogP contribution in [0.1, 0.15) is 37.7 Å². The molecule has 1 aromatic rings. The van der Waals surface area contributed by atoms with Crippen molar-refractivity contribution in [1.29, 1.82) is 0 Å². The Balaban J connectivity index is 2.73. The quantitative estimate of drug-likeness (QED) is 0.699. The molecular weight excluding hydrogens is 172 g/mol. The van der Waals surface area contributed by atoms with Gasteiger partial charge in [-0.05, 0) is 24.1 Å². The molecule has 0 radical (unpaired) electrons. The van der Waals surface area contributed by atoms with E-state index in [9.17, 15) is 5.11 Å². The number of benzene rings is 1. The van der Waals surface area contributed by atoms with Crippen LogP contribution in [0.4, 0.5) is 0 Å². The lowest BCUT2D eigenvalue weighted by Gasteiger charge is -2.12. The van der Waals surface area contributed by atoms with Gasteiger partial charge in [-0.15, -0.1) is 6.58 Å². The van der Waals surface area contributed by atoms with Crippen LogP contribution < -0.4 is 0 Å². The highest BCUT2D eigenvalue weighted by molar-refractivity contribution is 5.31. The Labute approximate surface area is 86.1 Å². The van der Waals surface area contributed by atoms with Crippen LogP contribution in [0.15, 0.2) is 36.9 Å². The highest BCUT2D eigenvalue weighted by atomic mass is 16.3. The Kier molecular flexibility index (Phi) is 4.24. The highest BCUT2D eigenvalue weighted by Gasteiger charge is 2.06. The summed E-state index contributed by atoms with van der Waals surface area (Å²) in [4.78, 5) is 0. The van der Waals surface area contributed by atoms with Crippen LogP contribution in [-0.2, 0) is 0 Å². The Morgan fingerprint density at radius 3 is 2.86 bits per heavy atom. The number of allylic oxidation sites excluding steroid dienone is 1. The van der Waals surface area contributed by atoms with Crippen LogP contribution >= 0.6 is 0 Å². The summed E-state index contributed by atoms with van der Waals surface area (Å²) in [6, 6.07) is 7.44. The van der Waals surface area contributed by atoms with Crippen molar-refractivity contribution < 1.29 is 5.11 Å².